The maximum Gasteiger partial charge on any atom is 0.0233 e. The fourth-order valence-electron chi connectivity index (χ4n) is 6.15. The third kappa shape index (κ3) is 12.4. The normalized spacial score (nSPS) is 19.0. The Morgan fingerprint density at radius 2 is 0.744 bits per heavy atom. The minimum absolute atomic E-state index is 0. The highest BCUT2D eigenvalue weighted by Gasteiger charge is 2.10. The zero-order valence-corrected chi connectivity index (χ0v) is 27.7. The van der Waals surface area contributed by atoms with Crippen molar-refractivity contribution in [1.82, 2.24) is 31.1 Å². The summed E-state index contributed by atoms with van der Waals surface area (Å²) in [5.74, 6) is 0. The standard InChI is InChI=1S/C36H52N6.BrH/c1-7-33-23-34(8-1)26-38-16-4-20-41(19-3-15-37-25-33)29-31-11-13-32(14-12-31)30-42-21-5-17-39-27-35-9-2-10-36(24-35)28-40-18-6-22-42;/h1-2,7-14,23-24,37-40H,3-6,15-22,25-30H2;1H. The first kappa shape index (κ1) is 33.8. The summed E-state index contributed by atoms with van der Waals surface area (Å²) >= 11 is 0. The predicted molar refractivity (Wildman–Crippen MR) is 185 cm³/mol. The van der Waals surface area contributed by atoms with E-state index in [4.69, 9.17) is 0 Å². The molecule has 0 saturated heterocycles. The number of nitrogens with zero attached hydrogens (tertiary/aromatic N) is 2. The number of rotatable bonds is 4. The molecule has 43 heavy (non-hydrogen) atoms. The molecule has 4 N–H and O–H groups in total. The zero-order chi connectivity index (χ0) is 28.7. The van der Waals surface area contributed by atoms with Crippen LogP contribution in [-0.2, 0) is 39.3 Å². The summed E-state index contributed by atoms with van der Waals surface area (Å²) < 4.78 is 0. The van der Waals surface area contributed by atoms with Crippen molar-refractivity contribution < 1.29 is 0 Å². The molecular formula is C36H53BrN6. The molecule has 5 rings (SSSR count). The van der Waals surface area contributed by atoms with E-state index in [0.29, 0.717) is 0 Å². The van der Waals surface area contributed by atoms with Crippen molar-refractivity contribution in [3.05, 3.63) is 106 Å². The van der Waals surface area contributed by atoms with E-state index in [9.17, 15) is 0 Å². The van der Waals surface area contributed by atoms with Crippen LogP contribution < -0.4 is 21.3 Å². The van der Waals surface area contributed by atoms with Gasteiger partial charge < -0.3 is 21.3 Å². The van der Waals surface area contributed by atoms with Crippen LogP contribution in [0.4, 0.5) is 0 Å². The maximum atomic E-state index is 3.65. The van der Waals surface area contributed by atoms with E-state index < -0.39 is 0 Å². The van der Waals surface area contributed by atoms with E-state index in [1.165, 1.54) is 59.1 Å². The van der Waals surface area contributed by atoms with Gasteiger partial charge in [0.25, 0.3) is 0 Å². The van der Waals surface area contributed by atoms with Gasteiger partial charge >= 0.3 is 0 Å². The second-order valence-electron chi connectivity index (χ2n) is 12.1. The molecule has 0 aliphatic carbocycles. The number of halogens is 1. The molecule has 7 heteroatoms. The summed E-state index contributed by atoms with van der Waals surface area (Å²) in [6, 6.07) is 27.4. The van der Waals surface area contributed by atoms with Crippen LogP contribution in [0.25, 0.3) is 0 Å². The van der Waals surface area contributed by atoms with Crippen LogP contribution in [0.2, 0.25) is 0 Å². The number of fused-ring (bicyclic) bond motifs is 4. The van der Waals surface area contributed by atoms with Crippen molar-refractivity contribution in [3.63, 3.8) is 0 Å². The molecule has 0 unspecified atom stereocenters. The van der Waals surface area contributed by atoms with Gasteiger partial charge in [-0.05, 0) is 111 Å². The van der Waals surface area contributed by atoms with Crippen molar-refractivity contribution >= 4 is 17.0 Å². The predicted octanol–water partition coefficient (Wildman–Crippen LogP) is 5.21. The first-order valence-corrected chi connectivity index (χ1v) is 16.3. The molecule has 2 aliphatic heterocycles. The molecule has 2 heterocycles. The third-order valence-electron chi connectivity index (χ3n) is 8.45. The quantitative estimate of drug-likeness (QED) is 0.312. The second kappa shape index (κ2) is 19.3. The molecule has 6 nitrogen and oxygen atoms in total. The number of hydrogen-bond acceptors (Lipinski definition) is 6. The van der Waals surface area contributed by atoms with E-state index in [1.54, 1.807) is 0 Å². The topological polar surface area (TPSA) is 54.6 Å². The lowest BCUT2D eigenvalue weighted by molar-refractivity contribution is 0.254. The maximum absolute atomic E-state index is 3.65. The molecule has 4 bridgehead atoms. The van der Waals surface area contributed by atoms with Crippen molar-refractivity contribution in [2.24, 2.45) is 0 Å². The zero-order valence-electron chi connectivity index (χ0n) is 26.0. The van der Waals surface area contributed by atoms with Crippen molar-refractivity contribution in [2.45, 2.75) is 65.0 Å². The molecule has 0 aromatic heterocycles. The van der Waals surface area contributed by atoms with Crippen LogP contribution in [0.3, 0.4) is 0 Å². The van der Waals surface area contributed by atoms with Crippen LogP contribution in [0, 0.1) is 0 Å². The van der Waals surface area contributed by atoms with Gasteiger partial charge in [-0.3, -0.25) is 9.80 Å². The summed E-state index contributed by atoms with van der Waals surface area (Å²) in [6.45, 7) is 14.6. The molecular weight excluding hydrogens is 596 g/mol. The van der Waals surface area contributed by atoms with Gasteiger partial charge in [0.05, 0.1) is 0 Å². The Labute approximate surface area is 270 Å². The molecule has 0 atom stereocenters. The van der Waals surface area contributed by atoms with E-state index in [0.717, 1.165) is 91.6 Å². The lowest BCUT2D eigenvalue weighted by Crippen LogP contribution is -2.31. The number of hydrogen-bond donors (Lipinski definition) is 4. The monoisotopic (exact) mass is 648 g/mol. The fraction of sp³-hybridized carbons (Fsp3) is 0.500. The van der Waals surface area contributed by atoms with Crippen LogP contribution >= 0.6 is 17.0 Å². The van der Waals surface area contributed by atoms with Gasteiger partial charge in [0.1, 0.15) is 0 Å². The highest BCUT2D eigenvalue weighted by Crippen LogP contribution is 2.13. The molecule has 0 radical (unpaired) electrons. The Morgan fingerprint density at radius 1 is 0.442 bits per heavy atom. The van der Waals surface area contributed by atoms with Gasteiger partial charge in [-0.15, -0.1) is 17.0 Å². The number of benzene rings is 3. The lowest BCUT2D eigenvalue weighted by atomic mass is 10.1. The molecule has 0 spiro atoms. The minimum Gasteiger partial charge on any atom is -0.313 e. The van der Waals surface area contributed by atoms with Crippen molar-refractivity contribution in [1.29, 1.82) is 0 Å². The molecule has 3 aromatic rings. The van der Waals surface area contributed by atoms with Crippen LogP contribution in [0.15, 0.2) is 72.8 Å². The van der Waals surface area contributed by atoms with Crippen molar-refractivity contribution in [3.8, 4) is 0 Å². The molecule has 2 aliphatic rings. The van der Waals surface area contributed by atoms with Gasteiger partial charge in [-0.25, -0.2) is 0 Å². The van der Waals surface area contributed by atoms with Crippen molar-refractivity contribution in [2.75, 3.05) is 52.4 Å². The summed E-state index contributed by atoms with van der Waals surface area (Å²) in [7, 11) is 0. The lowest BCUT2D eigenvalue weighted by Gasteiger charge is -2.24. The van der Waals surface area contributed by atoms with Crippen LogP contribution in [0.1, 0.15) is 59.1 Å². The molecule has 0 saturated carbocycles. The highest BCUT2D eigenvalue weighted by atomic mass is 79.9. The first-order valence-electron chi connectivity index (χ1n) is 16.3. The molecule has 3 aromatic carbocycles. The Balaban J connectivity index is 0.00000423. The summed E-state index contributed by atoms with van der Waals surface area (Å²) in [5, 5.41) is 14.6. The largest absolute Gasteiger partial charge is 0.313 e. The smallest absolute Gasteiger partial charge is 0.0233 e. The number of nitrogens with one attached hydrogen (secondary N) is 4. The van der Waals surface area contributed by atoms with E-state index in [-0.39, 0.29) is 17.0 Å². The third-order valence-corrected chi connectivity index (χ3v) is 8.45. The minimum atomic E-state index is 0. The Hall–Kier alpha value is -2.10. The van der Waals surface area contributed by atoms with E-state index in [1.807, 2.05) is 0 Å². The highest BCUT2D eigenvalue weighted by molar-refractivity contribution is 8.93. The first-order chi connectivity index (χ1) is 20.8. The Bertz CT molecular complexity index is 1040. The SMILES string of the molecule is Br.c1cc2cc(c1)CNCCCN(Cc1ccc(CN3CCCNCc4cccc(c4)CNCCC3)cc1)CCCNC2. The van der Waals surface area contributed by atoms with Gasteiger partial charge in [0.2, 0.25) is 0 Å². The Morgan fingerprint density at radius 3 is 1.05 bits per heavy atom. The van der Waals surface area contributed by atoms with Crippen LogP contribution in [0.5, 0.6) is 0 Å². The Kier molecular flexibility index (Phi) is 15.2. The van der Waals surface area contributed by atoms with Gasteiger partial charge in [-0.1, -0.05) is 72.8 Å². The van der Waals surface area contributed by atoms with E-state index >= 15 is 0 Å². The molecule has 234 valence electrons. The van der Waals surface area contributed by atoms with E-state index in [2.05, 4.69) is 104 Å². The molecule has 0 fully saturated rings. The second-order valence-corrected chi connectivity index (χ2v) is 12.1. The van der Waals surface area contributed by atoms with Gasteiger partial charge in [-0.2, -0.15) is 0 Å². The summed E-state index contributed by atoms with van der Waals surface area (Å²) in [6.07, 6.45) is 4.71. The fourth-order valence-corrected chi connectivity index (χ4v) is 6.15. The van der Waals surface area contributed by atoms with Gasteiger partial charge in [0, 0.05) is 39.3 Å². The average molecular weight is 650 g/mol. The van der Waals surface area contributed by atoms with Gasteiger partial charge in [0.15, 0.2) is 0 Å². The average Bonchev–Trinajstić information content (AvgIpc) is 3.00. The van der Waals surface area contributed by atoms with Crippen LogP contribution in [-0.4, -0.2) is 62.2 Å². The summed E-state index contributed by atoms with van der Waals surface area (Å²) in [4.78, 5) is 5.28. The molecule has 0 amide bonds. The summed E-state index contributed by atoms with van der Waals surface area (Å²) in [5.41, 5.74) is 8.37.